The van der Waals surface area contributed by atoms with Gasteiger partial charge in [0.1, 0.15) is 5.82 Å². The number of benzene rings is 2. The van der Waals surface area contributed by atoms with E-state index in [1.165, 1.54) is 29.9 Å². The van der Waals surface area contributed by atoms with Crippen LogP contribution in [0.4, 0.5) is 4.39 Å². The van der Waals surface area contributed by atoms with E-state index in [9.17, 15) is 14.4 Å². The van der Waals surface area contributed by atoms with Crippen LogP contribution in [-0.2, 0) is 0 Å². The monoisotopic (exact) mass is 442 g/mol. The first-order valence-electron chi connectivity index (χ1n) is 8.77. The Balaban J connectivity index is 2.06. The molecule has 1 atom stereocenters. The molecule has 0 spiro atoms. The summed E-state index contributed by atoms with van der Waals surface area (Å²) in [6, 6.07) is 9.44. The summed E-state index contributed by atoms with van der Waals surface area (Å²) < 4.78 is 21.3. The van der Waals surface area contributed by atoms with E-state index >= 15 is 0 Å². The Morgan fingerprint density at radius 3 is 2.86 bits per heavy atom. The zero-order valence-electron chi connectivity index (χ0n) is 15.0. The minimum atomic E-state index is -0.565. The maximum Gasteiger partial charge on any atom is 0.266 e. The fraction of sp³-hybridized carbons (Fsp3) is 0.250. The molecule has 1 aliphatic rings. The average molecular weight is 443 g/mol. The Hall–Kier alpha value is -2.76. The number of nitrogens with one attached hydrogen (secondary N) is 1. The number of halogens is 2. The topological polar surface area (TPSA) is 79.9 Å². The molecule has 0 unspecified atom stereocenters. The maximum absolute atomic E-state index is 14.3. The van der Waals surface area contributed by atoms with Crippen molar-refractivity contribution in [1.29, 1.82) is 5.26 Å². The highest BCUT2D eigenvalue weighted by atomic mass is 79.9. The van der Waals surface area contributed by atoms with Gasteiger partial charge in [0.15, 0.2) is 11.6 Å². The van der Waals surface area contributed by atoms with E-state index in [-0.39, 0.29) is 17.4 Å². The molecule has 6 nitrogen and oxygen atoms in total. The third-order valence-corrected chi connectivity index (χ3v) is 5.45. The van der Waals surface area contributed by atoms with E-state index in [0.717, 1.165) is 19.4 Å². The number of methoxy groups -OCH3 is 1. The van der Waals surface area contributed by atoms with Crippen LogP contribution in [0.25, 0.3) is 16.6 Å². The number of nitrogens with zero attached hydrogens (tertiary/aromatic N) is 3. The highest BCUT2D eigenvalue weighted by Gasteiger charge is 2.25. The average Bonchev–Trinajstić information content (AvgIpc) is 3.22. The third kappa shape index (κ3) is 3.07. The van der Waals surface area contributed by atoms with Gasteiger partial charge in [-0.15, -0.1) is 0 Å². The van der Waals surface area contributed by atoms with Gasteiger partial charge in [-0.25, -0.2) is 9.37 Å². The van der Waals surface area contributed by atoms with Crippen LogP contribution in [0.15, 0.2) is 39.6 Å². The SMILES string of the molecule is COc1ccc(-n2c([C@@H]3CCCN3)nc3c(Br)cc(C#N)cc3c2=O)cc1F. The molecule has 1 N–H and O–H groups in total. The number of fused-ring (bicyclic) bond motifs is 1. The molecule has 3 aromatic rings. The van der Waals surface area contributed by atoms with E-state index in [4.69, 9.17) is 9.72 Å². The van der Waals surface area contributed by atoms with E-state index in [1.54, 1.807) is 12.1 Å². The molecule has 0 aliphatic carbocycles. The molecule has 4 rings (SSSR count). The molecule has 2 aromatic carbocycles. The number of nitriles is 1. The van der Waals surface area contributed by atoms with Crippen molar-refractivity contribution in [3.8, 4) is 17.5 Å². The fourth-order valence-electron chi connectivity index (χ4n) is 3.51. The van der Waals surface area contributed by atoms with Crippen LogP contribution in [0.5, 0.6) is 5.75 Å². The van der Waals surface area contributed by atoms with Crippen LogP contribution in [-0.4, -0.2) is 23.2 Å². The van der Waals surface area contributed by atoms with Gasteiger partial charge >= 0.3 is 0 Å². The summed E-state index contributed by atoms with van der Waals surface area (Å²) in [6.45, 7) is 0.823. The molecular formula is C20H16BrFN4O2. The molecule has 0 bridgehead atoms. The summed E-state index contributed by atoms with van der Waals surface area (Å²) in [7, 11) is 1.39. The van der Waals surface area contributed by atoms with Gasteiger partial charge in [-0.3, -0.25) is 9.36 Å². The fourth-order valence-corrected chi connectivity index (χ4v) is 4.06. The summed E-state index contributed by atoms with van der Waals surface area (Å²) in [5, 5.41) is 12.9. The lowest BCUT2D eigenvalue weighted by molar-refractivity contribution is 0.386. The maximum atomic E-state index is 14.3. The Kier molecular flexibility index (Phi) is 4.87. The normalized spacial score (nSPS) is 16.3. The van der Waals surface area contributed by atoms with Crippen molar-refractivity contribution < 1.29 is 9.13 Å². The first kappa shape index (κ1) is 18.6. The summed E-state index contributed by atoms with van der Waals surface area (Å²) in [4.78, 5) is 18.1. The predicted octanol–water partition coefficient (Wildman–Crippen LogP) is 3.59. The minimum absolute atomic E-state index is 0.0978. The lowest BCUT2D eigenvalue weighted by Gasteiger charge is -2.19. The van der Waals surface area contributed by atoms with Gasteiger partial charge in [0.05, 0.1) is 41.4 Å². The Morgan fingerprint density at radius 1 is 1.39 bits per heavy atom. The summed E-state index contributed by atoms with van der Waals surface area (Å²) in [5.74, 6) is 0.0508. The highest BCUT2D eigenvalue weighted by molar-refractivity contribution is 9.10. The van der Waals surface area contributed by atoms with Crippen LogP contribution in [0.3, 0.4) is 0 Å². The second kappa shape index (κ2) is 7.34. The molecule has 28 heavy (non-hydrogen) atoms. The van der Waals surface area contributed by atoms with E-state index in [0.29, 0.717) is 32.5 Å². The van der Waals surface area contributed by atoms with Gasteiger partial charge in [0.25, 0.3) is 5.56 Å². The molecule has 1 aromatic heterocycles. The van der Waals surface area contributed by atoms with Crippen molar-refractivity contribution in [1.82, 2.24) is 14.9 Å². The lowest BCUT2D eigenvalue weighted by Crippen LogP contribution is -2.29. The Morgan fingerprint density at radius 2 is 2.21 bits per heavy atom. The van der Waals surface area contributed by atoms with Gasteiger partial charge in [-0.1, -0.05) is 0 Å². The largest absolute Gasteiger partial charge is 0.494 e. The summed E-state index contributed by atoms with van der Waals surface area (Å²) >= 11 is 3.42. The van der Waals surface area contributed by atoms with Gasteiger partial charge < -0.3 is 10.1 Å². The predicted molar refractivity (Wildman–Crippen MR) is 106 cm³/mol. The number of hydrogen-bond donors (Lipinski definition) is 1. The van der Waals surface area contributed by atoms with E-state index in [2.05, 4.69) is 21.2 Å². The Bertz CT molecular complexity index is 1180. The second-order valence-electron chi connectivity index (χ2n) is 6.54. The van der Waals surface area contributed by atoms with E-state index < -0.39 is 5.82 Å². The van der Waals surface area contributed by atoms with Crippen molar-refractivity contribution in [2.24, 2.45) is 0 Å². The molecule has 2 heterocycles. The summed E-state index contributed by atoms with van der Waals surface area (Å²) in [6.07, 6.45) is 1.79. The van der Waals surface area contributed by atoms with Crippen molar-refractivity contribution >= 4 is 26.8 Å². The highest BCUT2D eigenvalue weighted by Crippen LogP contribution is 2.29. The number of rotatable bonds is 3. The molecule has 0 radical (unpaired) electrons. The van der Waals surface area contributed by atoms with Crippen molar-refractivity contribution in [2.45, 2.75) is 18.9 Å². The summed E-state index contributed by atoms with van der Waals surface area (Å²) in [5.41, 5.74) is 0.839. The Labute approximate surface area is 168 Å². The van der Waals surface area contributed by atoms with Gasteiger partial charge in [-0.2, -0.15) is 5.26 Å². The smallest absolute Gasteiger partial charge is 0.266 e. The van der Waals surface area contributed by atoms with Crippen LogP contribution < -0.4 is 15.6 Å². The molecule has 142 valence electrons. The van der Waals surface area contributed by atoms with E-state index in [1.807, 2.05) is 6.07 Å². The van der Waals surface area contributed by atoms with Crippen LogP contribution in [0.2, 0.25) is 0 Å². The zero-order chi connectivity index (χ0) is 19.8. The molecule has 1 fully saturated rings. The van der Waals surface area contributed by atoms with Crippen molar-refractivity contribution in [3.63, 3.8) is 0 Å². The quantitative estimate of drug-likeness (QED) is 0.670. The van der Waals surface area contributed by atoms with Gasteiger partial charge in [0, 0.05) is 10.5 Å². The first-order chi connectivity index (χ1) is 13.5. The first-order valence-corrected chi connectivity index (χ1v) is 9.56. The standard InChI is InChI=1S/C20H16BrFN4O2/c1-28-17-5-4-12(9-15(17)22)26-19(16-3-2-6-24-16)25-18-13(20(26)27)7-11(10-23)8-14(18)21/h4-5,7-9,16,24H,2-3,6H2,1H3/t16-/m0/s1. The lowest BCUT2D eigenvalue weighted by atomic mass is 10.1. The zero-order valence-corrected chi connectivity index (χ0v) is 16.6. The number of ether oxygens (including phenoxy) is 1. The third-order valence-electron chi connectivity index (χ3n) is 4.85. The molecule has 8 heteroatoms. The second-order valence-corrected chi connectivity index (χ2v) is 7.40. The molecular weight excluding hydrogens is 427 g/mol. The number of aromatic nitrogens is 2. The molecule has 0 saturated carbocycles. The van der Waals surface area contributed by atoms with Crippen LogP contribution in [0.1, 0.15) is 30.3 Å². The molecule has 0 amide bonds. The van der Waals surface area contributed by atoms with Gasteiger partial charge in [0.2, 0.25) is 0 Å². The molecule has 1 saturated heterocycles. The minimum Gasteiger partial charge on any atom is -0.494 e. The molecule has 1 aliphatic heterocycles. The van der Waals surface area contributed by atoms with Crippen LogP contribution in [0, 0.1) is 17.1 Å². The number of hydrogen-bond acceptors (Lipinski definition) is 5. The van der Waals surface area contributed by atoms with Crippen molar-refractivity contribution in [3.05, 3.63) is 62.4 Å². The van der Waals surface area contributed by atoms with Gasteiger partial charge in [-0.05, 0) is 59.6 Å². The van der Waals surface area contributed by atoms with Crippen LogP contribution >= 0.6 is 15.9 Å². The van der Waals surface area contributed by atoms with Crippen molar-refractivity contribution in [2.75, 3.05) is 13.7 Å².